The smallest absolute Gasteiger partial charge is 0.0558 e. The number of aliphatic hydroxyl groups is 1. The molecule has 2 N–H and O–H groups in total. The minimum Gasteiger partial charge on any atom is -0.395 e. The summed E-state index contributed by atoms with van der Waals surface area (Å²) in [5.74, 6) is 0.722. The molecule has 2 atom stereocenters. The number of aliphatic hydroxyl groups excluding tert-OH is 1. The van der Waals surface area contributed by atoms with Gasteiger partial charge in [-0.25, -0.2) is 0 Å². The van der Waals surface area contributed by atoms with Crippen LogP contribution < -0.4 is 5.32 Å². The molecule has 1 aromatic rings. The Balaban J connectivity index is 1.92. The Bertz CT molecular complexity index is 355. The molecule has 106 valence electrons. The molecule has 1 fully saturated rings. The zero-order valence-electron chi connectivity index (χ0n) is 11.9. The maximum Gasteiger partial charge on any atom is 0.0558 e. The van der Waals surface area contributed by atoms with Gasteiger partial charge in [0, 0.05) is 25.7 Å². The van der Waals surface area contributed by atoms with Gasteiger partial charge in [-0.3, -0.25) is 4.90 Å². The molecule has 0 saturated heterocycles. The molecule has 1 saturated carbocycles. The third kappa shape index (κ3) is 4.30. The largest absolute Gasteiger partial charge is 0.395 e. The first-order valence-corrected chi connectivity index (χ1v) is 7.38. The SMILES string of the molecule is CNC1CCCC1CN(CCO)Cc1ccccc1. The summed E-state index contributed by atoms with van der Waals surface area (Å²) in [5.41, 5.74) is 1.33. The van der Waals surface area contributed by atoms with Gasteiger partial charge in [0.15, 0.2) is 0 Å². The number of hydrogen-bond acceptors (Lipinski definition) is 3. The average molecular weight is 262 g/mol. The van der Waals surface area contributed by atoms with E-state index in [9.17, 15) is 5.11 Å². The molecule has 0 radical (unpaired) electrons. The summed E-state index contributed by atoms with van der Waals surface area (Å²) in [4.78, 5) is 2.38. The average Bonchev–Trinajstić information content (AvgIpc) is 2.87. The van der Waals surface area contributed by atoms with E-state index in [0.29, 0.717) is 6.04 Å². The van der Waals surface area contributed by atoms with Crippen molar-refractivity contribution in [3.05, 3.63) is 35.9 Å². The number of hydrogen-bond donors (Lipinski definition) is 2. The van der Waals surface area contributed by atoms with Crippen molar-refractivity contribution in [1.29, 1.82) is 0 Å². The topological polar surface area (TPSA) is 35.5 Å². The molecular weight excluding hydrogens is 236 g/mol. The highest BCUT2D eigenvalue weighted by atomic mass is 16.3. The normalized spacial score (nSPS) is 23.1. The van der Waals surface area contributed by atoms with Crippen molar-refractivity contribution in [3.63, 3.8) is 0 Å². The van der Waals surface area contributed by atoms with Crippen LogP contribution in [0, 0.1) is 5.92 Å². The summed E-state index contributed by atoms with van der Waals surface area (Å²) in [7, 11) is 2.07. The Hall–Kier alpha value is -0.900. The van der Waals surface area contributed by atoms with Crippen LogP contribution in [0.2, 0.25) is 0 Å². The maximum absolute atomic E-state index is 9.25. The molecule has 0 spiro atoms. The summed E-state index contributed by atoms with van der Waals surface area (Å²) >= 11 is 0. The van der Waals surface area contributed by atoms with E-state index in [2.05, 4.69) is 41.5 Å². The number of rotatable bonds is 7. The van der Waals surface area contributed by atoms with Crippen molar-refractivity contribution >= 4 is 0 Å². The molecule has 1 aliphatic carbocycles. The first-order chi connectivity index (χ1) is 9.33. The standard InChI is InChI=1S/C16H26N2O/c1-17-16-9-5-8-15(16)13-18(10-11-19)12-14-6-3-2-4-7-14/h2-4,6-7,15-17,19H,5,8-13H2,1H3. The van der Waals surface area contributed by atoms with E-state index in [1.54, 1.807) is 0 Å². The molecule has 2 unspecified atom stereocenters. The molecule has 0 heterocycles. The summed E-state index contributed by atoms with van der Waals surface area (Å²) in [6.45, 7) is 3.03. The maximum atomic E-state index is 9.25. The van der Waals surface area contributed by atoms with Crippen molar-refractivity contribution in [2.45, 2.75) is 31.8 Å². The van der Waals surface area contributed by atoms with Crippen molar-refractivity contribution in [2.75, 3.05) is 26.7 Å². The lowest BCUT2D eigenvalue weighted by Crippen LogP contribution is -2.38. The van der Waals surface area contributed by atoms with Crippen molar-refractivity contribution in [3.8, 4) is 0 Å². The van der Waals surface area contributed by atoms with Crippen LogP contribution in [0.15, 0.2) is 30.3 Å². The zero-order valence-corrected chi connectivity index (χ0v) is 11.9. The van der Waals surface area contributed by atoms with Crippen LogP contribution in [-0.2, 0) is 6.54 Å². The van der Waals surface area contributed by atoms with Crippen LogP contribution in [0.4, 0.5) is 0 Å². The molecule has 0 bridgehead atoms. The summed E-state index contributed by atoms with van der Waals surface area (Å²) < 4.78 is 0. The molecule has 3 nitrogen and oxygen atoms in total. The molecule has 0 amide bonds. The Morgan fingerprint density at radius 2 is 2.05 bits per heavy atom. The fourth-order valence-electron chi connectivity index (χ4n) is 3.18. The number of nitrogens with zero attached hydrogens (tertiary/aromatic N) is 1. The quantitative estimate of drug-likeness (QED) is 0.787. The van der Waals surface area contributed by atoms with E-state index in [1.165, 1.54) is 24.8 Å². The second-order valence-corrected chi connectivity index (χ2v) is 5.53. The van der Waals surface area contributed by atoms with Gasteiger partial charge < -0.3 is 10.4 Å². The fraction of sp³-hybridized carbons (Fsp3) is 0.625. The molecule has 1 aromatic carbocycles. The lowest BCUT2D eigenvalue weighted by molar-refractivity contribution is 0.162. The zero-order chi connectivity index (χ0) is 13.5. The van der Waals surface area contributed by atoms with E-state index in [4.69, 9.17) is 0 Å². The number of nitrogens with one attached hydrogen (secondary N) is 1. The molecule has 0 aromatic heterocycles. The lowest BCUT2D eigenvalue weighted by Gasteiger charge is -2.28. The monoisotopic (exact) mass is 262 g/mol. The molecule has 0 aliphatic heterocycles. The van der Waals surface area contributed by atoms with Crippen molar-refractivity contribution in [2.24, 2.45) is 5.92 Å². The van der Waals surface area contributed by atoms with Crippen LogP contribution in [0.5, 0.6) is 0 Å². The van der Waals surface area contributed by atoms with Gasteiger partial charge in [-0.1, -0.05) is 36.8 Å². The Morgan fingerprint density at radius 1 is 1.26 bits per heavy atom. The second-order valence-electron chi connectivity index (χ2n) is 5.53. The van der Waals surface area contributed by atoms with Crippen LogP contribution in [0.1, 0.15) is 24.8 Å². The third-order valence-electron chi connectivity index (χ3n) is 4.19. The highest BCUT2D eigenvalue weighted by Crippen LogP contribution is 2.26. The second kappa shape index (κ2) is 7.63. The molecule has 2 rings (SSSR count). The molecule has 1 aliphatic rings. The number of benzene rings is 1. The van der Waals surface area contributed by atoms with Crippen molar-refractivity contribution < 1.29 is 5.11 Å². The first-order valence-electron chi connectivity index (χ1n) is 7.38. The predicted molar refractivity (Wildman–Crippen MR) is 79.0 cm³/mol. The van der Waals surface area contributed by atoms with E-state index in [1.807, 2.05) is 6.07 Å². The van der Waals surface area contributed by atoms with E-state index >= 15 is 0 Å². The van der Waals surface area contributed by atoms with Crippen LogP contribution in [0.25, 0.3) is 0 Å². The summed E-state index contributed by atoms with van der Waals surface area (Å²) in [5, 5.41) is 12.7. The highest BCUT2D eigenvalue weighted by Gasteiger charge is 2.27. The fourth-order valence-corrected chi connectivity index (χ4v) is 3.18. The van der Waals surface area contributed by atoms with Gasteiger partial charge in [-0.15, -0.1) is 0 Å². The Kier molecular flexibility index (Phi) is 5.83. The minimum atomic E-state index is 0.240. The Labute approximate surface area is 116 Å². The first kappa shape index (κ1) is 14.5. The van der Waals surface area contributed by atoms with E-state index in [0.717, 1.165) is 25.6 Å². The van der Waals surface area contributed by atoms with Crippen LogP contribution in [0.3, 0.4) is 0 Å². The van der Waals surface area contributed by atoms with Gasteiger partial charge >= 0.3 is 0 Å². The lowest BCUT2D eigenvalue weighted by atomic mass is 10.0. The van der Waals surface area contributed by atoms with Crippen LogP contribution >= 0.6 is 0 Å². The van der Waals surface area contributed by atoms with Crippen LogP contribution in [-0.4, -0.2) is 42.8 Å². The van der Waals surface area contributed by atoms with Gasteiger partial charge in [0.1, 0.15) is 0 Å². The highest BCUT2D eigenvalue weighted by molar-refractivity contribution is 5.14. The van der Waals surface area contributed by atoms with Crippen molar-refractivity contribution in [1.82, 2.24) is 10.2 Å². The van der Waals surface area contributed by atoms with Gasteiger partial charge in [0.2, 0.25) is 0 Å². The van der Waals surface area contributed by atoms with Gasteiger partial charge in [0.05, 0.1) is 6.61 Å². The van der Waals surface area contributed by atoms with E-state index in [-0.39, 0.29) is 6.61 Å². The molecule has 3 heteroatoms. The van der Waals surface area contributed by atoms with Gasteiger partial charge in [-0.2, -0.15) is 0 Å². The van der Waals surface area contributed by atoms with Gasteiger partial charge in [0.25, 0.3) is 0 Å². The molecular formula is C16H26N2O. The predicted octanol–water partition coefficient (Wildman–Crippen LogP) is 1.87. The Morgan fingerprint density at radius 3 is 2.74 bits per heavy atom. The summed E-state index contributed by atoms with van der Waals surface area (Å²) in [6, 6.07) is 11.2. The van der Waals surface area contributed by atoms with Gasteiger partial charge in [-0.05, 0) is 31.4 Å². The third-order valence-corrected chi connectivity index (χ3v) is 4.19. The molecule has 19 heavy (non-hydrogen) atoms. The summed E-state index contributed by atoms with van der Waals surface area (Å²) in [6.07, 6.45) is 3.93. The van der Waals surface area contributed by atoms with E-state index < -0.39 is 0 Å². The minimum absolute atomic E-state index is 0.240.